The maximum Gasteiger partial charge on any atom is 0.306 e. The second kappa shape index (κ2) is 6.61. The van der Waals surface area contributed by atoms with Gasteiger partial charge in [0.15, 0.2) is 0 Å². The molecule has 0 bridgehead atoms. The van der Waals surface area contributed by atoms with E-state index in [4.69, 9.17) is 5.11 Å². The van der Waals surface area contributed by atoms with Gasteiger partial charge >= 0.3 is 5.97 Å². The molecule has 1 aromatic rings. The van der Waals surface area contributed by atoms with Crippen molar-refractivity contribution in [1.29, 1.82) is 0 Å². The van der Waals surface area contributed by atoms with Crippen LogP contribution in [-0.4, -0.2) is 37.1 Å². The lowest BCUT2D eigenvalue weighted by molar-refractivity contribution is -0.142. The van der Waals surface area contributed by atoms with Crippen molar-refractivity contribution >= 4 is 17.6 Å². The molecule has 1 fully saturated rings. The predicted molar refractivity (Wildman–Crippen MR) is 81.6 cm³/mol. The second-order valence-corrected chi connectivity index (χ2v) is 5.80. The number of nitrogens with zero attached hydrogens (tertiary/aromatic N) is 1. The SMILES string of the molecule is CN(C)c1ccc(C(=O)NC2CCC(C(=O)O)CC2)cc1. The summed E-state index contributed by atoms with van der Waals surface area (Å²) < 4.78 is 0. The Labute approximate surface area is 125 Å². The minimum absolute atomic E-state index is 0.0842. The van der Waals surface area contributed by atoms with Gasteiger partial charge in [0, 0.05) is 31.4 Å². The van der Waals surface area contributed by atoms with Crippen LogP contribution >= 0.6 is 0 Å². The van der Waals surface area contributed by atoms with E-state index in [2.05, 4.69) is 5.32 Å². The summed E-state index contributed by atoms with van der Waals surface area (Å²) in [5.41, 5.74) is 1.69. The molecule has 0 unspecified atom stereocenters. The normalized spacial score (nSPS) is 21.6. The number of nitrogens with one attached hydrogen (secondary N) is 1. The Bertz CT molecular complexity index is 503. The first-order valence-electron chi connectivity index (χ1n) is 7.28. The summed E-state index contributed by atoms with van der Waals surface area (Å²) in [6, 6.07) is 7.54. The minimum atomic E-state index is -0.723. The Kier molecular flexibility index (Phi) is 4.83. The summed E-state index contributed by atoms with van der Waals surface area (Å²) in [6.07, 6.45) is 2.75. The van der Waals surface area contributed by atoms with E-state index in [0.717, 1.165) is 18.5 Å². The molecule has 114 valence electrons. The molecule has 0 aromatic heterocycles. The maximum atomic E-state index is 12.2. The number of carbonyl (C=O) groups excluding carboxylic acids is 1. The standard InChI is InChI=1S/C16H22N2O3/c1-18(2)14-9-5-11(6-10-14)15(19)17-13-7-3-12(4-8-13)16(20)21/h5-6,9-10,12-13H,3-4,7-8H2,1-2H3,(H,17,19)(H,20,21). The van der Waals surface area contributed by atoms with E-state index < -0.39 is 5.97 Å². The molecule has 5 heteroatoms. The smallest absolute Gasteiger partial charge is 0.306 e. The molecular formula is C16H22N2O3. The summed E-state index contributed by atoms with van der Waals surface area (Å²) >= 11 is 0. The lowest BCUT2D eigenvalue weighted by Gasteiger charge is -2.26. The van der Waals surface area contributed by atoms with Crippen LogP contribution in [0, 0.1) is 5.92 Å². The molecule has 0 atom stereocenters. The first-order chi connectivity index (χ1) is 9.97. The summed E-state index contributed by atoms with van der Waals surface area (Å²) in [4.78, 5) is 25.0. The second-order valence-electron chi connectivity index (χ2n) is 5.80. The van der Waals surface area contributed by atoms with Crippen LogP contribution in [0.4, 0.5) is 5.69 Å². The van der Waals surface area contributed by atoms with Crippen LogP contribution in [0.2, 0.25) is 0 Å². The molecular weight excluding hydrogens is 268 g/mol. The molecule has 0 radical (unpaired) electrons. The van der Waals surface area contributed by atoms with Crippen molar-refractivity contribution in [3.63, 3.8) is 0 Å². The number of carboxylic acid groups (broad SMARTS) is 1. The maximum absolute atomic E-state index is 12.2. The molecule has 1 amide bonds. The van der Waals surface area contributed by atoms with Gasteiger partial charge in [-0.2, -0.15) is 0 Å². The average molecular weight is 290 g/mol. The van der Waals surface area contributed by atoms with Crippen molar-refractivity contribution in [2.75, 3.05) is 19.0 Å². The zero-order valence-electron chi connectivity index (χ0n) is 12.5. The van der Waals surface area contributed by atoms with Crippen molar-refractivity contribution in [2.24, 2.45) is 5.92 Å². The number of benzene rings is 1. The Morgan fingerprint density at radius 3 is 2.14 bits per heavy atom. The quantitative estimate of drug-likeness (QED) is 0.891. The Morgan fingerprint density at radius 1 is 1.10 bits per heavy atom. The number of hydrogen-bond donors (Lipinski definition) is 2. The van der Waals surface area contributed by atoms with Crippen molar-refractivity contribution in [2.45, 2.75) is 31.7 Å². The van der Waals surface area contributed by atoms with Gasteiger partial charge in [-0.1, -0.05) is 0 Å². The topological polar surface area (TPSA) is 69.6 Å². The molecule has 0 saturated heterocycles. The van der Waals surface area contributed by atoms with E-state index in [9.17, 15) is 9.59 Å². The van der Waals surface area contributed by atoms with Crippen LogP contribution in [0.25, 0.3) is 0 Å². The van der Waals surface area contributed by atoms with Crippen LogP contribution in [0.3, 0.4) is 0 Å². The van der Waals surface area contributed by atoms with Crippen molar-refractivity contribution in [3.05, 3.63) is 29.8 Å². The monoisotopic (exact) mass is 290 g/mol. The van der Waals surface area contributed by atoms with Gasteiger partial charge in [0.05, 0.1) is 5.92 Å². The van der Waals surface area contributed by atoms with Gasteiger partial charge in [0.1, 0.15) is 0 Å². The van der Waals surface area contributed by atoms with Crippen LogP contribution in [0.15, 0.2) is 24.3 Å². The summed E-state index contributed by atoms with van der Waals surface area (Å²) in [6.45, 7) is 0. The van der Waals surface area contributed by atoms with Gasteiger partial charge in [-0.25, -0.2) is 0 Å². The highest BCUT2D eigenvalue weighted by molar-refractivity contribution is 5.94. The van der Waals surface area contributed by atoms with Gasteiger partial charge in [0.25, 0.3) is 5.91 Å². The van der Waals surface area contributed by atoms with E-state index in [1.807, 2.05) is 43.3 Å². The number of hydrogen-bond acceptors (Lipinski definition) is 3. The Hall–Kier alpha value is -2.04. The molecule has 0 heterocycles. The third-order valence-corrected chi connectivity index (χ3v) is 4.06. The Balaban J connectivity index is 1.89. The lowest BCUT2D eigenvalue weighted by Crippen LogP contribution is -2.38. The summed E-state index contributed by atoms with van der Waals surface area (Å²) in [5, 5.41) is 12.0. The molecule has 2 N–H and O–H groups in total. The molecule has 1 aliphatic carbocycles. The number of carboxylic acids is 1. The van der Waals surface area contributed by atoms with E-state index in [0.29, 0.717) is 18.4 Å². The third kappa shape index (κ3) is 3.97. The molecule has 1 aromatic carbocycles. The molecule has 0 spiro atoms. The molecule has 21 heavy (non-hydrogen) atoms. The molecule has 5 nitrogen and oxygen atoms in total. The van der Waals surface area contributed by atoms with Gasteiger partial charge < -0.3 is 15.3 Å². The van der Waals surface area contributed by atoms with E-state index >= 15 is 0 Å². The average Bonchev–Trinajstić information content (AvgIpc) is 2.47. The van der Waals surface area contributed by atoms with Crippen molar-refractivity contribution < 1.29 is 14.7 Å². The number of aliphatic carboxylic acids is 1. The lowest BCUT2D eigenvalue weighted by atomic mass is 9.86. The van der Waals surface area contributed by atoms with Gasteiger partial charge in [-0.05, 0) is 49.9 Å². The summed E-state index contributed by atoms with van der Waals surface area (Å²) in [7, 11) is 3.91. The molecule has 1 saturated carbocycles. The zero-order valence-corrected chi connectivity index (χ0v) is 12.5. The molecule has 1 aliphatic rings. The fraction of sp³-hybridized carbons (Fsp3) is 0.500. The van der Waals surface area contributed by atoms with E-state index in [1.54, 1.807) is 0 Å². The van der Waals surface area contributed by atoms with Crippen LogP contribution < -0.4 is 10.2 Å². The fourth-order valence-electron chi connectivity index (χ4n) is 2.66. The fourth-order valence-corrected chi connectivity index (χ4v) is 2.66. The molecule has 2 rings (SSSR count). The number of rotatable bonds is 4. The summed E-state index contributed by atoms with van der Waals surface area (Å²) in [5.74, 6) is -1.06. The van der Waals surface area contributed by atoms with Gasteiger partial charge in [0.2, 0.25) is 0 Å². The largest absolute Gasteiger partial charge is 0.481 e. The third-order valence-electron chi connectivity index (χ3n) is 4.06. The first-order valence-corrected chi connectivity index (χ1v) is 7.28. The predicted octanol–water partition coefficient (Wildman–Crippen LogP) is 2.13. The first kappa shape index (κ1) is 15.4. The van der Waals surface area contributed by atoms with Crippen LogP contribution in [-0.2, 0) is 4.79 Å². The van der Waals surface area contributed by atoms with Crippen LogP contribution in [0.1, 0.15) is 36.0 Å². The number of amides is 1. The van der Waals surface area contributed by atoms with Crippen molar-refractivity contribution in [1.82, 2.24) is 5.32 Å². The highest BCUT2D eigenvalue weighted by Crippen LogP contribution is 2.24. The Morgan fingerprint density at radius 2 is 1.67 bits per heavy atom. The minimum Gasteiger partial charge on any atom is -0.481 e. The highest BCUT2D eigenvalue weighted by Gasteiger charge is 2.26. The van der Waals surface area contributed by atoms with Gasteiger partial charge in [-0.3, -0.25) is 9.59 Å². The van der Waals surface area contributed by atoms with E-state index in [1.165, 1.54) is 0 Å². The van der Waals surface area contributed by atoms with Crippen molar-refractivity contribution in [3.8, 4) is 0 Å². The van der Waals surface area contributed by atoms with Crippen LogP contribution in [0.5, 0.6) is 0 Å². The highest BCUT2D eigenvalue weighted by atomic mass is 16.4. The number of carbonyl (C=O) groups is 2. The van der Waals surface area contributed by atoms with E-state index in [-0.39, 0.29) is 17.9 Å². The van der Waals surface area contributed by atoms with Gasteiger partial charge in [-0.15, -0.1) is 0 Å². The molecule has 0 aliphatic heterocycles. The number of anilines is 1. The zero-order chi connectivity index (χ0) is 15.4.